The number of phenolic OH excluding ortho intramolecular Hbond substituents is 1. The molecule has 0 spiro atoms. The molecule has 1 N–H and O–H groups in total. The summed E-state index contributed by atoms with van der Waals surface area (Å²) < 4.78 is 0. The van der Waals surface area contributed by atoms with Crippen molar-refractivity contribution < 1.29 is 5.11 Å². The third-order valence-corrected chi connectivity index (χ3v) is 7.51. The molecule has 5 atom stereocenters. The van der Waals surface area contributed by atoms with Crippen LogP contribution in [0.5, 0.6) is 5.75 Å². The normalized spacial score (nSPS) is 42.7. The average molecular weight is 288 g/mol. The van der Waals surface area contributed by atoms with Crippen LogP contribution in [0.15, 0.2) is 18.2 Å². The van der Waals surface area contributed by atoms with E-state index >= 15 is 0 Å². The molecule has 0 bridgehead atoms. The maximum atomic E-state index is 9.70. The molecule has 0 unspecified atom stereocenters. The van der Waals surface area contributed by atoms with Crippen LogP contribution in [-0.4, -0.2) is 10.4 Å². The molecule has 2 heteroatoms. The predicted octanol–water partition coefficient (Wildman–Crippen LogP) is 4.55. The molecule has 0 saturated heterocycles. The van der Waals surface area contributed by atoms with Crippen molar-refractivity contribution in [3.8, 4) is 5.75 Å². The monoisotopic (exact) mass is 288 g/mol. The molecule has 0 heterocycles. The van der Waals surface area contributed by atoms with Gasteiger partial charge >= 0.3 is 0 Å². The first kappa shape index (κ1) is 13.1. The first-order valence-corrected chi connectivity index (χ1v) is 8.61. The van der Waals surface area contributed by atoms with Gasteiger partial charge in [0.1, 0.15) is 5.75 Å². The second kappa shape index (κ2) is 4.43. The smallest absolute Gasteiger partial charge is 0.115 e. The summed E-state index contributed by atoms with van der Waals surface area (Å²) in [6.45, 7) is 2.49. The molecule has 2 saturated carbocycles. The summed E-state index contributed by atoms with van der Waals surface area (Å²) in [5.41, 5.74) is 3.40. The van der Waals surface area contributed by atoms with Crippen LogP contribution >= 0.6 is 12.6 Å². The summed E-state index contributed by atoms with van der Waals surface area (Å²) in [6, 6.07) is 6.07. The summed E-state index contributed by atoms with van der Waals surface area (Å²) in [5, 5.41) is 10.3. The minimum Gasteiger partial charge on any atom is -0.508 e. The van der Waals surface area contributed by atoms with Crippen LogP contribution < -0.4 is 0 Å². The lowest BCUT2D eigenvalue weighted by Gasteiger charge is -2.50. The van der Waals surface area contributed by atoms with Crippen LogP contribution in [0.3, 0.4) is 0 Å². The van der Waals surface area contributed by atoms with Crippen molar-refractivity contribution in [3.63, 3.8) is 0 Å². The first-order chi connectivity index (χ1) is 9.59. The van der Waals surface area contributed by atoms with Crippen LogP contribution in [-0.2, 0) is 6.42 Å². The van der Waals surface area contributed by atoms with Crippen molar-refractivity contribution in [2.75, 3.05) is 0 Å². The van der Waals surface area contributed by atoms with E-state index in [1.165, 1.54) is 43.2 Å². The Kier molecular flexibility index (Phi) is 2.89. The Morgan fingerprint density at radius 1 is 1.20 bits per heavy atom. The van der Waals surface area contributed by atoms with E-state index in [0.29, 0.717) is 16.4 Å². The van der Waals surface area contributed by atoms with E-state index < -0.39 is 0 Å². The van der Waals surface area contributed by atoms with E-state index in [0.717, 1.165) is 24.2 Å². The SMILES string of the molecule is C[C@@]12CC[C@H]3c4ccc(O)cc4CC[C@@H]3[C@@H]1CC[C@@H]2S. The minimum atomic E-state index is 0.430. The highest BCUT2D eigenvalue weighted by molar-refractivity contribution is 7.81. The number of hydrogen-bond donors (Lipinski definition) is 2. The molecule has 1 aromatic rings. The molecule has 0 aliphatic heterocycles. The van der Waals surface area contributed by atoms with Crippen LogP contribution in [0.4, 0.5) is 0 Å². The van der Waals surface area contributed by atoms with Crippen molar-refractivity contribution in [2.45, 2.75) is 56.6 Å². The van der Waals surface area contributed by atoms with E-state index in [1.807, 2.05) is 12.1 Å². The molecule has 0 amide bonds. The van der Waals surface area contributed by atoms with Gasteiger partial charge in [0.25, 0.3) is 0 Å². The predicted molar refractivity (Wildman–Crippen MR) is 85.5 cm³/mol. The topological polar surface area (TPSA) is 20.2 Å². The van der Waals surface area contributed by atoms with Gasteiger partial charge in [0, 0.05) is 5.25 Å². The molecule has 4 rings (SSSR count). The van der Waals surface area contributed by atoms with E-state index in [9.17, 15) is 5.11 Å². The fourth-order valence-electron chi connectivity index (χ4n) is 5.54. The fraction of sp³-hybridized carbons (Fsp3) is 0.667. The van der Waals surface area contributed by atoms with Gasteiger partial charge in [-0.1, -0.05) is 13.0 Å². The van der Waals surface area contributed by atoms with Gasteiger partial charge < -0.3 is 5.11 Å². The Labute approximate surface area is 127 Å². The van der Waals surface area contributed by atoms with Crippen molar-refractivity contribution in [2.24, 2.45) is 17.3 Å². The Morgan fingerprint density at radius 2 is 2.05 bits per heavy atom. The van der Waals surface area contributed by atoms with E-state index in [1.54, 1.807) is 0 Å². The molecular formula is C18H24OS. The van der Waals surface area contributed by atoms with Crippen LogP contribution in [0.25, 0.3) is 0 Å². The highest BCUT2D eigenvalue weighted by Crippen LogP contribution is 2.62. The summed E-state index contributed by atoms with van der Waals surface area (Å²) in [5.74, 6) is 2.88. The van der Waals surface area contributed by atoms with Crippen LogP contribution in [0.2, 0.25) is 0 Å². The van der Waals surface area contributed by atoms with Gasteiger partial charge in [-0.25, -0.2) is 0 Å². The number of hydrogen-bond acceptors (Lipinski definition) is 2. The maximum Gasteiger partial charge on any atom is 0.115 e. The second-order valence-electron chi connectivity index (χ2n) is 7.44. The third kappa shape index (κ3) is 1.70. The highest BCUT2D eigenvalue weighted by Gasteiger charge is 2.53. The van der Waals surface area contributed by atoms with E-state index in [2.05, 4.69) is 13.0 Å². The molecule has 108 valence electrons. The van der Waals surface area contributed by atoms with Crippen molar-refractivity contribution in [3.05, 3.63) is 29.3 Å². The van der Waals surface area contributed by atoms with Gasteiger partial charge in [-0.3, -0.25) is 0 Å². The minimum absolute atomic E-state index is 0.430. The highest BCUT2D eigenvalue weighted by atomic mass is 32.1. The largest absolute Gasteiger partial charge is 0.508 e. The number of phenols is 1. The fourth-order valence-corrected chi connectivity index (χ4v) is 6.01. The van der Waals surface area contributed by atoms with Crippen molar-refractivity contribution >= 4 is 12.6 Å². The lowest BCUT2D eigenvalue weighted by Crippen LogP contribution is -2.42. The van der Waals surface area contributed by atoms with E-state index in [-0.39, 0.29) is 0 Å². The molecule has 0 aromatic heterocycles. The quantitative estimate of drug-likeness (QED) is 0.671. The molecule has 20 heavy (non-hydrogen) atoms. The number of fused-ring (bicyclic) bond motifs is 5. The summed E-state index contributed by atoms with van der Waals surface area (Å²) in [7, 11) is 0. The van der Waals surface area contributed by atoms with Crippen molar-refractivity contribution in [1.29, 1.82) is 0 Å². The lowest BCUT2D eigenvalue weighted by atomic mass is 9.56. The van der Waals surface area contributed by atoms with Gasteiger partial charge in [0.05, 0.1) is 0 Å². The molecule has 2 fully saturated rings. The standard InChI is InChI=1S/C18H24OS/c1-18-9-8-14-13-5-3-12(19)10-11(13)2-4-15(14)16(18)6-7-17(18)20/h3,5,10,14-17,19-20H,2,4,6-9H2,1H3/t14-,15-,16-,17-,18+/m0/s1. The van der Waals surface area contributed by atoms with Crippen LogP contribution in [0, 0.1) is 17.3 Å². The Bertz CT molecular complexity index is 540. The van der Waals surface area contributed by atoms with Gasteiger partial charge in [0.2, 0.25) is 0 Å². The number of aryl methyl sites for hydroxylation is 1. The van der Waals surface area contributed by atoms with Crippen molar-refractivity contribution in [1.82, 2.24) is 0 Å². The zero-order chi connectivity index (χ0) is 13.9. The molecular weight excluding hydrogens is 264 g/mol. The zero-order valence-corrected chi connectivity index (χ0v) is 13.1. The Balaban J connectivity index is 1.71. The number of thiol groups is 1. The number of aromatic hydroxyl groups is 1. The third-order valence-electron chi connectivity index (χ3n) is 6.66. The summed E-state index contributed by atoms with van der Waals surface area (Å²) >= 11 is 4.89. The zero-order valence-electron chi connectivity index (χ0n) is 12.2. The lowest BCUT2D eigenvalue weighted by molar-refractivity contribution is 0.0633. The molecule has 1 nitrogen and oxygen atoms in total. The molecule has 3 aliphatic rings. The van der Waals surface area contributed by atoms with Gasteiger partial charge in [-0.2, -0.15) is 12.6 Å². The summed E-state index contributed by atoms with van der Waals surface area (Å²) in [6.07, 6.45) is 7.77. The van der Waals surface area contributed by atoms with Gasteiger partial charge in [-0.05, 0) is 85.0 Å². The van der Waals surface area contributed by atoms with Gasteiger partial charge in [0.15, 0.2) is 0 Å². The van der Waals surface area contributed by atoms with E-state index in [4.69, 9.17) is 12.6 Å². The Hall–Kier alpha value is -0.630. The van der Waals surface area contributed by atoms with Gasteiger partial charge in [-0.15, -0.1) is 0 Å². The maximum absolute atomic E-state index is 9.70. The molecule has 3 aliphatic carbocycles. The Morgan fingerprint density at radius 3 is 2.90 bits per heavy atom. The molecule has 0 radical (unpaired) electrons. The molecule has 1 aromatic carbocycles. The average Bonchev–Trinajstić information content (AvgIpc) is 2.74. The first-order valence-electron chi connectivity index (χ1n) is 8.09. The van der Waals surface area contributed by atoms with Crippen LogP contribution in [0.1, 0.15) is 56.1 Å². The number of rotatable bonds is 0. The second-order valence-corrected chi connectivity index (χ2v) is 8.06. The number of benzene rings is 1. The summed E-state index contributed by atoms with van der Waals surface area (Å²) in [4.78, 5) is 0.